The minimum absolute atomic E-state index is 0.0575. The lowest BCUT2D eigenvalue weighted by molar-refractivity contribution is 0.242. The summed E-state index contributed by atoms with van der Waals surface area (Å²) in [4.78, 5) is 0.100. The van der Waals surface area contributed by atoms with Gasteiger partial charge in [-0.2, -0.15) is 4.31 Å². The molecule has 30 heavy (non-hydrogen) atoms. The standard InChI is InChI=1S/C20H24ClFN2O4S2/c1-15-5-7-17(8-6-15)30(27,28)24-13-3-2-4-16(24)11-12-23-29(25,26)18-9-10-20(22)19(21)14-18/h5-10,14,16,23H,2-4,11-13H2,1H3. The lowest BCUT2D eigenvalue weighted by Gasteiger charge is -2.34. The van der Waals surface area contributed by atoms with E-state index in [1.807, 2.05) is 6.92 Å². The van der Waals surface area contributed by atoms with Gasteiger partial charge in [0.2, 0.25) is 20.0 Å². The van der Waals surface area contributed by atoms with E-state index in [-0.39, 0.29) is 27.4 Å². The van der Waals surface area contributed by atoms with Gasteiger partial charge in [0.25, 0.3) is 0 Å². The molecule has 1 N–H and O–H groups in total. The summed E-state index contributed by atoms with van der Waals surface area (Å²) in [6, 6.07) is 9.58. The Balaban J connectivity index is 1.70. The van der Waals surface area contributed by atoms with Gasteiger partial charge < -0.3 is 0 Å². The predicted molar refractivity (Wildman–Crippen MR) is 114 cm³/mol. The molecule has 2 aromatic carbocycles. The fourth-order valence-corrected chi connectivity index (χ4v) is 6.55. The summed E-state index contributed by atoms with van der Waals surface area (Å²) < 4.78 is 68.3. The third kappa shape index (κ3) is 5.20. The van der Waals surface area contributed by atoms with Crippen molar-refractivity contribution in [1.82, 2.24) is 9.03 Å². The van der Waals surface area contributed by atoms with E-state index in [1.54, 1.807) is 24.3 Å². The lowest BCUT2D eigenvalue weighted by Crippen LogP contribution is -2.45. The number of nitrogens with zero attached hydrogens (tertiary/aromatic N) is 1. The molecule has 0 bridgehead atoms. The molecule has 0 aromatic heterocycles. The Hall–Kier alpha value is -1.52. The highest BCUT2D eigenvalue weighted by Gasteiger charge is 2.33. The van der Waals surface area contributed by atoms with Crippen LogP contribution in [0.1, 0.15) is 31.2 Å². The molecule has 10 heteroatoms. The van der Waals surface area contributed by atoms with E-state index in [9.17, 15) is 21.2 Å². The quantitative estimate of drug-likeness (QED) is 0.663. The van der Waals surface area contributed by atoms with Crippen LogP contribution in [0.4, 0.5) is 4.39 Å². The highest BCUT2D eigenvalue weighted by Crippen LogP contribution is 2.27. The van der Waals surface area contributed by atoms with Gasteiger partial charge in [0.05, 0.1) is 14.8 Å². The van der Waals surface area contributed by atoms with Crippen LogP contribution in [0.3, 0.4) is 0 Å². The molecule has 0 spiro atoms. The molecule has 0 saturated carbocycles. The third-order valence-electron chi connectivity index (χ3n) is 5.17. The van der Waals surface area contributed by atoms with Gasteiger partial charge in [0, 0.05) is 19.1 Å². The largest absolute Gasteiger partial charge is 0.243 e. The second-order valence-corrected chi connectivity index (χ2v) is 11.4. The van der Waals surface area contributed by atoms with Gasteiger partial charge >= 0.3 is 0 Å². The van der Waals surface area contributed by atoms with Crippen LogP contribution in [0.15, 0.2) is 52.3 Å². The molecule has 1 atom stereocenters. The maximum Gasteiger partial charge on any atom is 0.243 e. The van der Waals surface area contributed by atoms with Crippen LogP contribution in [-0.4, -0.2) is 40.3 Å². The first-order chi connectivity index (χ1) is 14.1. The molecule has 1 aliphatic heterocycles. The van der Waals surface area contributed by atoms with Gasteiger partial charge in [-0.25, -0.2) is 25.9 Å². The van der Waals surface area contributed by atoms with Gasteiger partial charge in [-0.05, 0) is 56.5 Å². The van der Waals surface area contributed by atoms with Crippen LogP contribution in [0.5, 0.6) is 0 Å². The fraction of sp³-hybridized carbons (Fsp3) is 0.400. The average Bonchev–Trinajstić information content (AvgIpc) is 2.70. The fourth-order valence-electron chi connectivity index (χ4n) is 3.51. The molecule has 1 heterocycles. The molecule has 0 radical (unpaired) electrons. The molecule has 164 valence electrons. The van der Waals surface area contributed by atoms with Crippen LogP contribution >= 0.6 is 11.6 Å². The summed E-state index contributed by atoms with van der Waals surface area (Å²) in [7, 11) is -7.54. The second-order valence-electron chi connectivity index (χ2n) is 7.34. The van der Waals surface area contributed by atoms with Gasteiger partial charge in [0.1, 0.15) is 5.82 Å². The summed E-state index contributed by atoms with van der Waals surface area (Å²) in [5, 5.41) is -0.277. The number of nitrogens with one attached hydrogen (secondary N) is 1. The van der Waals surface area contributed by atoms with Crippen molar-refractivity contribution in [3.63, 3.8) is 0 Å². The number of halogens is 2. The van der Waals surface area contributed by atoms with Crippen molar-refractivity contribution in [3.05, 3.63) is 58.9 Å². The Bertz CT molecular complexity index is 1110. The molecule has 2 aromatic rings. The minimum atomic E-state index is -3.88. The van der Waals surface area contributed by atoms with Gasteiger partial charge in [0.15, 0.2) is 0 Å². The normalized spacial score (nSPS) is 18.4. The minimum Gasteiger partial charge on any atom is -0.211 e. The average molecular weight is 475 g/mol. The topological polar surface area (TPSA) is 83.6 Å². The number of rotatable bonds is 7. The monoisotopic (exact) mass is 474 g/mol. The van der Waals surface area contributed by atoms with E-state index in [0.29, 0.717) is 19.4 Å². The van der Waals surface area contributed by atoms with Gasteiger partial charge in [-0.3, -0.25) is 0 Å². The number of benzene rings is 2. The Labute approximate surface area is 182 Å². The maximum absolute atomic E-state index is 13.3. The van der Waals surface area contributed by atoms with E-state index in [0.717, 1.165) is 36.6 Å². The van der Waals surface area contributed by atoms with Gasteiger partial charge in [-0.15, -0.1) is 0 Å². The lowest BCUT2D eigenvalue weighted by atomic mass is 10.0. The Morgan fingerprint density at radius 3 is 2.40 bits per heavy atom. The molecule has 1 unspecified atom stereocenters. The molecule has 1 saturated heterocycles. The molecule has 0 aliphatic carbocycles. The highest BCUT2D eigenvalue weighted by atomic mass is 35.5. The number of sulfonamides is 2. The summed E-state index contributed by atoms with van der Waals surface area (Å²) >= 11 is 5.67. The van der Waals surface area contributed by atoms with Crippen molar-refractivity contribution < 1.29 is 21.2 Å². The van der Waals surface area contributed by atoms with Crippen LogP contribution < -0.4 is 4.72 Å². The van der Waals surface area contributed by atoms with E-state index in [4.69, 9.17) is 11.6 Å². The molecular weight excluding hydrogens is 451 g/mol. The zero-order valence-corrected chi connectivity index (χ0v) is 18.9. The van der Waals surface area contributed by atoms with Crippen molar-refractivity contribution in [2.24, 2.45) is 0 Å². The van der Waals surface area contributed by atoms with Crippen molar-refractivity contribution in [3.8, 4) is 0 Å². The van der Waals surface area contributed by atoms with Crippen LogP contribution in [0.2, 0.25) is 5.02 Å². The molecule has 6 nitrogen and oxygen atoms in total. The Morgan fingerprint density at radius 2 is 1.73 bits per heavy atom. The molecule has 3 rings (SSSR count). The number of piperidine rings is 1. The first-order valence-electron chi connectivity index (χ1n) is 9.64. The van der Waals surface area contributed by atoms with Crippen molar-refractivity contribution in [1.29, 1.82) is 0 Å². The summed E-state index contributed by atoms with van der Waals surface area (Å²) in [6.07, 6.45) is 2.64. The summed E-state index contributed by atoms with van der Waals surface area (Å²) in [6.45, 7) is 2.35. The van der Waals surface area contributed by atoms with Crippen molar-refractivity contribution in [2.45, 2.75) is 48.4 Å². The molecular formula is C20H24ClFN2O4S2. The Morgan fingerprint density at radius 1 is 1.07 bits per heavy atom. The van der Waals surface area contributed by atoms with E-state index >= 15 is 0 Å². The maximum atomic E-state index is 13.3. The molecule has 0 amide bonds. The Kier molecular flexibility index (Phi) is 7.19. The van der Waals surface area contributed by atoms with Crippen molar-refractivity contribution >= 4 is 31.6 Å². The zero-order chi connectivity index (χ0) is 21.9. The number of hydrogen-bond donors (Lipinski definition) is 1. The second kappa shape index (κ2) is 9.32. The first-order valence-corrected chi connectivity index (χ1v) is 12.9. The van der Waals surface area contributed by atoms with E-state index < -0.39 is 25.9 Å². The first kappa shape index (κ1) is 23.1. The summed E-state index contributed by atoms with van der Waals surface area (Å²) in [5.41, 5.74) is 0.972. The zero-order valence-electron chi connectivity index (χ0n) is 16.5. The molecule has 1 fully saturated rings. The van der Waals surface area contributed by atoms with Gasteiger partial charge in [-0.1, -0.05) is 35.7 Å². The highest BCUT2D eigenvalue weighted by molar-refractivity contribution is 7.89. The third-order valence-corrected chi connectivity index (χ3v) is 8.89. The van der Waals surface area contributed by atoms with E-state index in [1.165, 1.54) is 4.31 Å². The van der Waals surface area contributed by atoms with Crippen molar-refractivity contribution in [2.75, 3.05) is 13.1 Å². The van der Waals surface area contributed by atoms with E-state index in [2.05, 4.69) is 4.72 Å². The molecule has 1 aliphatic rings. The smallest absolute Gasteiger partial charge is 0.211 e. The SMILES string of the molecule is Cc1ccc(S(=O)(=O)N2CCCCC2CCNS(=O)(=O)c2ccc(F)c(Cl)c2)cc1. The van der Waals surface area contributed by atoms with Crippen LogP contribution in [0, 0.1) is 12.7 Å². The summed E-state index contributed by atoms with van der Waals surface area (Å²) in [5.74, 6) is -0.699. The van der Waals surface area contributed by atoms with Crippen LogP contribution in [-0.2, 0) is 20.0 Å². The van der Waals surface area contributed by atoms with Crippen LogP contribution in [0.25, 0.3) is 0 Å². The number of hydrogen-bond acceptors (Lipinski definition) is 4. The number of aryl methyl sites for hydroxylation is 1. The predicted octanol–water partition coefficient (Wildman–Crippen LogP) is 3.70.